The number of amides is 2. The Labute approximate surface area is 163 Å². The second kappa shape index (κ2) is 9.82. The van der Waals surface area contributed by atoms with E-state index in [1.165, 1.54) is 6.08 Å². The average Bonchev–Trinajstić information content (AvgIpc) is 2.62. The number of rotatable bonds is 5. The van der Waals surface area contributed by atoms with Gasteiger partial charge < -0.3 is 15.0 Å². The van der Waals surface area contributed by atoms with Crippen molar-refractivity contribution < 1.29 is 19.1 Å². The van der Waals surface area contributed by atoms with Crippen molar-refractivity contribution >= 4 is 41.2 Å². The van der Waals surface area contributed by atoms with E-state index >= 15 is 0 Å². The molecule has 1 atom stereocenters. The van der Waals surface area contributed by atoms with Crippen LogP contribution in [-0.4, -0.2) is 53.0 Å². The van der Waals surface area contributed by atoms with Gasteiger partial charge in [0.15, 0.2) is 5.11 Å². The molecule has 1 aliphatic rings. The first kappa shape index (κ1) is 20.6. The zero-order chi connectivity index (χ0) is 19.8. The second-order valence-electron chi connectivity index (χ2n) is 6.28. The number of esters is 1. The molecule has 2 amide bonds. The first-order chi connectivity index (χ1) is 12.9. The molecule has 0 spiro atoms. The number of thiocarbonyl (C=S) groups is 1. The van der Waals surface area contributed by atoms with E-state index in [1.807, 2.05) is 30.3 Å². The van der Waals surface area contributed by atoms with Gasteiger partial charge in [0.1, 0.15) is 6.04 Å². The predicted molar refractivity (Wildman–Crippen MR) is 106 cm³/mol. The van der Waals surface area contributed by atoms with Crippen LogP contribution in [0.4, 0.5) is 0 Å². The van der Waals surface area contributed by atoms with Crippen LogP contribution in [0.5, 0.6) is 0 Å². The van der Waals surface area contributed by atoms with Crippen molar-refractivity contribution in [2.45, 2.75) is 32.4 Å². The highest BCUT2D eigenvalue weighted by Gasteiger charge is 2.34. The second-order valence-corrected chi connectivity index (χ2v) is 6.67. The molecule has 1 heterocycles. The van der Waals surface area contributed by atoms with Gasteiger partial charge >= 0.3 is 5.97 Å². The minimum Gasteiger partial charge on any atom is -0.463 e. The molecule has 7 nitrogen and oxygen atoms in total. The van der Waals surface area contributed by atoms with Crippen LogP contribution in [0.25, 0.3) is 6.08 Å². The number of piperazine rings is 1. The summed E-state index contributed by atoms with van der Waals surface area (Å²) in [6.07, 6.45) is 2.62. The minimum absolute atomic E-state index is 0.106. The maximum absolute atomic E-state index is 12.2. The maximum atomic E-state index is 12.2. The molecule has 0 aliphatic carbocycles. The van der Waals surface area contributed by atoms with Crippen molar-refractivity contribution in [2.75, 3.05) is 13.1 Å². The number of nitrogens with zero attached hydrogens (tertiary/aromatic N) is 1. The van der Waals surface area contributed by atoms with Gasteiger partial charge in [-0.25, -0.2) is 0 Å². The Morgan fingerprint density at radius 2 is 2.07 bits per heavy atom. The van der Waals surface area contributed by atoms with Crippen LogP contribution in [0.1, 0.15) is 25.8 Å². The molecule has 8 heteroatoms. The molecule has 1 saturated heterocycles. The third-order valence-electron chi connectivity index (χ3n) is 3.78. The van der Waals surface area contributed by atoms with Crippen molar-refractivity contribution in [1.29, 1.82) is 0 Å². The Morgan fingerprint density at radius 1 is 1.37 bits per heavy atom. The Bertz CT molecular complexity index is 734. The minimum atomic E-state index is -0.809. The zero-order valence-electron chi connectivity index (χ0n) is 15.3. The zero-order valence-corrected chi connectivity index (χ0v) is 16.1. The SMILES string of the molecule is CC(C)OC(=O)CC1C(=O)NCCN1C(=S)NC(=O)C=Cc1ccccc1. The van der Waals surface area contributed by atoms with E-state index in [-0.39, 0.29) is 23.5 Å². The third kappa shape index (κ3) is 6.49. The molecule has 0 saturated carbocycles. The van der Waals surface area contributed by atoms with Crippen molar-refractivity contribution in [3.05, 3.63) is 42.0 Å². The van der Waals surface area contributed by atoms with E-state index in [0.717, 1.165) is 5.56 Å². The van der Waals surface area contributed by atoms with Gasteiger partial charge in [-0.1, -0.05) is 30.3 Å². The van der Waals surface area contributed by atoms with E-state index in [9.17, 15) is 14.4 Å². The Hall–Kier alpha value is -2.74. The van der Waals surface area contributed by atoms with Gasteiger partial charge in [-0.05, 0) is 37.7 Å². The first-order valence-corrected chi connectivity index (χ1v) is 9.09. The lowest BCUT2D eigenvalue weighted by molar-refractivity contribution is -0.150. The predicted octanol–water partition coefficient (Wildman–Crippen LogP) is 1.24. The highest BCUT2D eigenvalue weighted by atomic mass is 32.1. The third-order valence-corrected chi connectivity index (χ3v) is 4.11. The van der Waals surface area contributed by atoms with E-state index in [1.54, 1.807) is 24.8 Å². The van der Waals surface area contributed by atoms with Crippen LogP contribution in [0.2, 0.25) is 0 Å². The molecule has 27 heavy (non-hydrogen) atoms. The Balaban J connectivity index is 1.99. The van der Waals surface area contributed by atoms with Gasteiger partial charge in [0.2, 0.25) is 11.8 Å². The van der Waals surface area contributed by atoms with E-state index in [2.05, 4.69) is 10.6 Å². The van der Waals surface area contributed by atoms with Gasteiger partial charge in [0.25, 0.3) is 0 Å². The van der Waals surface area contributed by atoms with Gasteiger partial charge in [-0.3, -0.25) is 19.7 Å². The molecule has 1 aromatic rings. The van der Waals surface area contributed by atoms with E-state index in [4.69, 9.17) is 17.0 Å². The normalized spacial score (nSPS) is 16.9. The molecular weight excluding hydrogens is 366 g/mol. The lowest BCUT2D eigenvalue weighted by atomic mass is 10.1. The fraction of sp³-hybridized carbons (Fsp3) is 0.368. The number of hydrogen-bond donors (Lipinski definition) is 2. The summed E-state index contributed by atoms with van der Waals surface area (Å²) in [6, 6.07) is 8.56. The quantitative estimate of drug-likeness (QED) is 0.448. The fourth-order valence-electron chi connectivity index (χ4n) is 2.58. The first-order valence-electron chi connectivity index (χ1n) is 8.68. The van der Waals surface area contributed by atoms with E-state index < -0.39 is 17.9 Å². The summed E-state index contributed by atoms with van der Waals surface area (Å²) in [6.45, 7) is 4.25. The van der Waals surface area contributed by atoms with Gasteiger partial charge in [0, 0.05) is 19.2 Å². The van der Waals surface area contributed by atoms with Crippen LogP contribution in [0.3, 0.4) is 0 Å². The molecule has 1 aromatic carbocycles. The van der Waals surface area contributed by atoms with Crippen molar-refractivity contribution in [3.63, 3.8) is 0 Å². The van der Waals surface area contributed by atoms with Crippen molar-refractivity contribution in [2.24, 2.45) is 0 Å². The van der Waals surface area contributed by atoms with Crippen LogP contribution in [0.15, 0.2) is 36.4 Å². The summed E-state index contributed by atoms with van der Waals surface area (Å²) in [5, 5.41) is 5.39. The molecule has 1 aliphatic heterocycles. The average molecular weight is 389 g/mol. The summed E-state index contributed by atoms with van der Waals surface area (Å²) in [5.41, 5.74) is 0.880. The number of hydrogen-bond acceptors (Lipinski definition) is 5. The topological polar surface area (TPSA) is 87.7 Å². The largest absolute Gasteiger partial charge is 0.463 e. The van der Waals surface area contributed by atoms with Crippen LogP contribution in [0, 0.1) is 0 Å². The van der Waals surface area contributed by atoms with Crippen molar-refractivity contribution in [1.82, 2.24) is 15.5 Å². The molecule has 0 radical (unpaired) electrons. The van der Waals surface area contributed by atoms with Gasteiger partial charge in [-0.2, -0.15) is 0 Å². The molecule has 2 rings (SSSR count). The highest BCUT2D eigenvalue weighted by molar-refractivity contribution is 7.80. The molecule has 2 N–H and O–H groups in total. The van der Waals surface area contributed by atoms with Crippen LogP contribution in [-0.2, 0) is 19.1 Å². The molecular formula is C19H23N3O4S. The monoisotopic (exact) mass is 389 g/mol. The van der Waals surface area contributed by atoms with Crippen molar-refractivity contribution in [3.8, 4) is 0 Å². The van der Waals surface area contributed by atoms with Gasteiger partial charge in [0.05, 0.1) is 12.5 Å². The molecule has 1 fully saturated rings. The van der Waals surface area contributed by atoms with Crippen LogP contribution >= 0.6 is 12.2 Å². The fourth-order valence-corrected chi connectivity index (χ4v) is 2.90. The van der Waals surface area contributed by atoms with Crippen LogP contribution < -0.4 is 10.6 Å². The highest BCUT2D eigenvalue weighted by Crippen LogP contribution is 2.11. The van der Waals surface area contributed by atoms with E-state index in [0.29, 0.717) is 13.1 Å². The smallest absolute Gasteiger partial charge is 0.308 e. The summed E-state index contributed by atoms with van der Waals surface area (Å²) < 4.78 is 5.11. The number of benzene rings is 1. The summed E-state index contributed by atoms with van der Waals surface area (Å²) in [4.78, 5) is 37.8. The number of carbonyl (C=O) groups is 3. The maximum Gasteiger partial charge on any atom is 0.308 e. The lowest BCUT2D eigenvalue weighted by Crippen LogP contribution is -2.60. The standard InChI is InChI=1S/C19H23N3O4S/c1-13(2)26-17(24)12-15-18(25)20-10-11-22(15)19(27)21-16(23)9-8-14-6-4-3-5-7-14/h3-9,13,15H,10-12H2,1-2H3,(H,20,25)(H,21,23,27). The molecule has 144 valence electrons. The summed E-state index contributed by atoms with van der Waals surface area (Å²) in [7, 11) is 0. The summed E-state index contributed by atoms with van der Waals surface area (Å²) in [5.74, 6) is -1.22. The molecule has 1 unspecified atom stereocenters. The molecule has 0 aromatic heterocycles. The van der Waals surface area contributed by atoms with Gasteiger partial charge in [-0.15, -0.1) is 0 Å². The number of carbonyl (C=O) groups excluding carboxylic acids is 3. The summed E-state index contributed by atoms with van der Waals surface area (Å²) >= 11 is 5.28. The number of nitrogens with one attached hydrogen (secondary N) is 2. The number of ether oxygens (including phenoxy) is 1. The Kier molecular flexibility index (Phi) is 7.48. The molecule has 0 bridgehead atoms. The lowest BCUT2D eigenvalue weighted by Gasteiger charge is -2.36. The Morgan fingerprint density at radius 3 is 2.74 bits per heavy atom.